The van der Waals surface area contributed by atoms with E-state index in [1.54, 1.807) is 37.9 Å². The number of nitrogens with zero attached hydrogens (tertiary/aromatic N) is 1. The molecule has 4 N–H and O–H groups in total. The van der Waals surface area contributed by atoms with Crippen molar-refractivity contribution in [3.8, 4) is 5.75 Å². The van der Waals surface area contributed by atoms with E-state index in [2.05, 4.69) is 10.6 Å². The van der Waals surface area contributed by atoms with E-state index in [0.717, 1.165) is 5.56 Å². The minimum Gasteiger partial charge on any atom is -0.496 e. The number of carbonyl (C=O) groups excluding carboxylic acids is 3. The van der Waals surface area contributed by atoms with Crippen LogP contribution in [0.4, 0.5) is 0 Å². The van der Waals surface area contributed by atoms with E-state index in [0.29, 0.717) is 18.7 Å². The molecule has 0 aliphatic rings. The van der Waals surface area contributed by atoms with Gasteiger partial charge in [0.15, 0.2) is 11.9 Å². The first-order chi connectivity index (χ1) is 15.9. The van der Waals surface area contributed by atoms with Crippen molar-refractivity contribution in [2.45, 2.75) is 58.7 Å². The molecule has 0 fully saturated rings. The summed E-state index contributed by atoms with van der Waals surface area (Å²) in [6, 6.07) is 2.80. The van der Waals surface area contributed by atoms with Crippen LogP contribution in [0.15, 0.2) is 18.2 Å². The van der Waals surface area contributed by atoms with E-state index in [1.807, 2.05) is 19.9 Å². The molecule has 0 heterocycles. The summed E-state index contributed by atoms with van der Waals surface area (Å²) in [5.74, 6) is -3.27. The summed E-state index contributed by atoms with van der Waals surface area (Å²) >= 11 is 0. The van der Waals surface area contributed by atoms with E-state index in [-0.39, 0.29) is 12.1 Å². The number of hydrogen-bond acceptors (Lipinski definition) is 7. The number of amides is 2. The van der Waals surface area contributed by atoms with Crippen LogP contribution in [-0.2, 0) is 25.6 Å². The molecule has 0 aliphatic carbocycles. The summed E-state index contributed by atoms with van der Waals surface area (Å²) < 4.78 is 5.26. The summed E-state index contributed by atoms with van der Waals surface area (Å²) in [5, 5.41) is 24.9. The lowest BCUT2D eigenvalue weighted by molar-refractivity contribution is -0.141. The van der Waals surface area contributed by atoms with Gasteiger partial charge in [-0.1, -0.05) is 33.8 Å². The van der Waals surface area contributed by atoms with Crippen LogP contribution in [0.3, 0.4) is 0 Å². The number of aliphatic hydroxyl groups excluding tert-OH is 1. The molecule has 10 nitrogen and oxygen atoms in total. The van der Waals surface area contributed by atoms with Crippen molar-refractivity contribution in [2.75, 3.05) is 27.2 Å². The zero-order valence-corrected chi connectivity index (χ0v) is 20.8. The predicted octanol–water partition coefficient (Wildman–Crippen LogP) is 0.912. The van der Waals surface area contributed by atoms with Gasteiger partial charge in [0.1, 0.15) is 11.8 Å². The average molecular weight is 480 g/mol. The van der Waals surface area contributed by atoms with Crippen LogP contribution >= 0.6 is 0 Å². The number of aryl methyl sites for hydroxylation is 1. The maximum Gasteiger partial charge on any atom is 0.305 e. The SMILES string of the molecule is CCc1ccc(OC)c(C(O)C(=O)NC(C(=O)NC(CC(=O)O)C(=O)CN(C)CC)C(C)C)c1. The number of carbonyl (C=O) groups is 4. The van der Waals surface area contributed by atoms with Crippen molar-refractivity contribution in [3.05, 3.63) is 29.3 Å². The highest BCUT2D eigenvalue weighted by molar-refractivity contribution is 5.96. The second kappa shape index (κ2) is 13.7. The van der Waals surface area contributed by atoms with Gasteiger partial charge in [-0.2, -0.15) is 0 Å². The molecule has 0 saturated heterocycles. The Morgan fingerprint density at radius 1 is 1.09 bits per heavy atom. The molecule has 10 heteroatoms. The van der Waals surface area contributed by atoms with Crippen molar-refractivity contribution >= 4 is 23.6 Å². The summed E-state index contributed by atoms with van der Waals surface area (Å²) in [4.78, 5) is 51.3. The van der Waals surface area contributed by atoms with Crippen molar-refractivity contribution in [1.29, 1.82) is 0 Å². The molecule has 1 aromatic carbocycles. The maximum absolute atomic E-state index is 13.0. The number of benzene rings is 1. The minimum absolute atomic E-state index is 0.0281. The van der Waals surface area contributed by atoms with E-state index < -0.39 is 54.1 Å². The first-order valence-electron chi connectivity index (χ1n) is 11.3. The van der Waals surface area contributed by atoms with Gasteiger partial charge in [-0.25, -0.2) is 0 Å². The van der Waals surface area contributed by atoms with E-state index >= 15 is 0 Å². The average Bonchev–Trinajstić information content (AvgIpc) is 2.79. The quantitative estimate of drug-likeness (QED) is 0.308. The molecule has 0 aromatic heterocycles. The van der Waals surface area contributed by atoms with Gasteiger partial charge in [0.05, 0.1) is 26.1 Å². The Kier molecular flexibility index (Phi) is 11.7. The highest BCUT2D eigenvalue weighted by Gasteiger charge is 2.32. The lowest BCUT2D eigenvalue weighted by atomic mass is 9.99. The smallest absolute Gasteiger partial charge is 0.305 e. The monoisotopic (exact) mass is 479 g/mol. The Morgan fingerprint density at radius 3 is 2.24 bits per heavy atom. The third kappa shape index (κ3) is 8.42. The maximum atomic E-state index is 13.0. The summed E-state index contributed by atoms with van der Waals surface area (Å²) in [6.07, 6.45) is -1.48. The summed E-state index contributed by atoms with van der Waals surface area (Å²) in [5.41, 5.74) is 1.16. The lowest BCUT2D eigenvalue weighted by Crippen LogP contribution is -2.55. The number of carboxylic acid groups (broad SMARTS) is 1. The number of hydrogen-bond donors (Lipinski definition) is 4. The number of methoxy groups -OCH3 is 1. The zero-order chi connectivity index (χ0) is 26.0. The molecule has 1 rings (SSSR count). The molecule has 3 atom stereocenters. The van der Waals surface area contributed by atoms with Crippen LogP contribution in [0.1, 0.15) is 51.3 Å². The Labute approximate surface area is 200 Å². The van der Waals surface area contributed by atoms with Crippen LogP contribution < -0.4 is 15.4 Å². The highest BCUT2D eigenvalue weighted by Crippen LogP contribution is 2.27. The molecular formula is C24H37N3O7. The minimum atomic E-state index is -1.59. The van der Waals surface area contributed by atoms with E-state index in [9.17, 15) is 29.4 Å². The van der Waals surface area contributed by atoms with Crippen molar-refractivity contribution < 1.29 is 34.1 Å². The number of Topliss-reactive ketones (excluding diaryl/α,β-unsaturated/α-hetero) is 1. The Hall–Kier alpha value is -2.98. The van der Waals surface area contributed by atoms with Gasteiger partial charge in [0.25, 0.3) is 5.91 Å². The van der Waals surface area contributed by atoms with E-state index in [1.165, 1.54) is 7.11 Å². The first-order valence-corrected chi connectivity index (χ1v) is 11.3. The number of carboxylic acids is 1. The van der Waals surface area contributed by atoms with E-state index in [4.69, 9.17) is 4.74 Å². The fraction of sp³-hybridized carbons (Fsp3) is 0.583. The number of ether oxygens (including phenoxy) is 1. The topological polar surface area (TPSA) is 145 Å². The predicted molar refractivity (Wildman–Crippen MR) is 126 cm³/mol. The van der Waals surface area contributed by atoms with Crippen molar-refractivity contribution in [3.63, 3.8) is 0 Å². The fourth-order valence-electron chi connectivity index (χ4n) is 3.30. The molecule has 0 bridgehead atoms. The van der Waals surface area contributed by atoms with Gasteiger partial charge in [-0.15, -0.1) is 0 Å². The Bertz CT molecular complexity index is 872. The van der Waals surface area contributed by atoms with Gasteiger partial charge in [0.2, 0.25) is 5.91 Å². The third-order valence-electron chi connectivity index (χ3n) is 5.54. The molecule has 1 aromatic rings. The molecule has 0 spiro atoms. The molecular weight excluding hydrogens is 442 g/mol. The normalized spacial score (nSPS) is 13.8. The molecule has 190 valence electrons. The van der Waals surface area contributed by atoms with Crippen molar-refractivity contribution in [2.24, 2.45) is 5.92 Å². The van der Waals surface area contributed by atoms with Gasteiger partial charge in [-0.3, -0.25) is 24.1 Å². The second-order valence-electron chi connectivity index (χ2n) is 8.52. The van der Waals surface area contributed by atoms with Gasteiger partial charge < -0.3 is 25.6 Å². The molecule has 0 radical (unpaired) electrons. The molecule has 0 aliphatic heterocycles. The highest BCUT2D eigenvalue weighted by atomic mass is 16.5. The first kappa shape index (κ1) is 29.1. The summed E-state index contributed by atoms with van der Waals surface area (Å²) in [7, 11) is 3.13. The number of ketones is 1. The number of rotatable bonds is 14. The summed E-state index contributed by atoms with van der Waals surface area (Å²) in [6.45, 7) is 7.70. The molecule has 0 saturated carbocycles. The van der Waals surface area contributed by atoms with Crippen LogP contribution in [-0.4, -0.2) is 78.0 Å². The number of nitrogens with one attached hydrogen (secondary N) is 2. The molecule has 3 unspecified atom stereocenters. The van der Waals surface area contributed by atoms with Gasteiger partial charge in [0, 0.05) is 5.56 Å². The Morgan fingerprint density at radius 2 is 1.74 bits per heavy atom. The molecule has 2 amide bonds. The number of aliphatic hydroxyl groups is 1. The van der Waals surface area contributed by atoms with Crippen LogP contribution in [0.5, 0.6) is 5.75 Å². The fourth-order valence-corrected chi connectivity index (χ4v) is 3.30. The lowest BCUT2D eigenvalue weighted by Gasteiger charge is -2.26. The molecule has 34 heavy (non-hydrogen) atoms. The largest absolute Gasteiger partial charge is 0.496 e. The van der Waals surface area contributed by atoms with Gasteiger partial charge in [-0.05, 0) is 43.6 Å². The number of aliphatic carboxylic acids is 1. The standard InChI is InChI=1S/C24H37N3O7/c1-7-15-9-10-19(34-6)16(11-15)22(31)24(33)26-21(14(3)4)23(32)25-17(12-20(29)30)18(28)13-27(5)8-2/h9-11,14,17,21-22,31H,7-8,12-13H2,1-6H3,(H,25,32)(H,26,33)(H,29,30). The van der Waals surface area contributed by atoms with Gasteiger partial charge >= 0.3 is 5.97 Å². The van der Waals surface area contributed by atoms with Crippen LogP contribution in [0.25, 0.3) is 0 Å². The van der Waals surface area contributed by atoms with Crippen molar-refractivity contribution in [1.82, 2.24) is 15.5 Å². The number of likely N-dealkylation sites (N-methyl/N-ethyl adjacent to an activating group) is 1. The third-order valence-corrected chi connectivity index (χ3v) is 5.54. The van der Waals surface area contributed by atoms with Crippen LogP contribution in [0.2, 0.25) is 0 Å². The zero-order valence-electron chi connectivity index (χ0n) is 20.8. The second-order valence-corrected chi connectivity index (χ2v) is 8.52. The van der Waals surface area contributed by atoms with Crippen LogP contribution in [0, 0.1) is 5.92 Å². The Balaban J connectivity index is 3.05.